The van der Waals surface area contributed by atoms with Gasteiger partial charge in [0, 0.05) is 37.1 Å². The number of nitrogens with zero attached hydrogens (tertiary/aromatic N) is 3. The number of aromatic nitrogens is 3. The van der Waals surface area contributed by atoms with E-state index < -0.39 is 5.97 Å². The SMILES string of the molecule is Cc1ncc(C(CCCCCCc2nc3c(cc2CN)CCCN3)CC(=O)[O-])cn1.[Na+]. The van der Waals surface area contributed by atoms with Crippen molar-refractivity contribution in [2.24, 2.45) is 5.73 Å². The summed E-state index contributed by atoms with van der Waals surface area (Å²) in [4.78, 5) is 24.4. The number of carbonyl (C=O) groups is 1. The van der Waals surface area contributed by atoms with Crippen LogP contribution < -0.4 is 45.7 Å². The van der Waals surface area contributed by atoms with Crippen molar-refractivity contribution in [1.82, 2.24) is 15.0 Å². The van der Waals surface area contributed by atoms with E-state index in [1.54, 1.807) is 12.4 Å². The molecular weight excluding hydrogens is 401 g/mol. The predicted octanol–water partition coefficient (Wildman–Crippen LogP) is -0.582. The number of carboxylic acids is 1. The number of unbranched alkanes of at least 4 members (excludes halogenated alkanes) is 3. The molecule has 0 aromatic carbocycles. The monoisotopic (exact) mass is 433 g/mol. The number of nitrogens with one attached hydrogen (secondary N) is 1. The molecule has 7 nitrogen and oxygen atoms in total. The topological polar surface area (TPSA) is 117 Å². The fourth-order valence-corrected chi connectivity index (χ4v) is 4.10. The molecule has 1 unspecified atom stereocenters. The van der Waals surface area contributed by atoms with Crippen LogP contribution in [0.3, 0.4) is 0 Å². The van der Waals surface area contributed by atoms with Crippen molar-refractivity contribution < 1.29 is 39.5 Å². The first-order valence-electron chi connectivity index (χ1n) is 11.0. The zero-order valence-electron chi connectivity index (χ0n) is 18.8. The van der Waals surface area contributed by atoms with E-state index in [0.717, 1.165) is 80.6 Å². The Morgan fingerprint density at radius 2 is 1.97 bits per heavy atom. The third kappa shape index (κ3) is 7.83. The summed E-state index contributed by atoms with van der Waals surface area (Å²) in [5, 5.41) is 14.5. The molecule has 2 aromatic rings. The average molecular weight is 434 g/mol. The molecule has 3 heterocycles. The Labute approximate surface area is 207 Å². The van der Waals surface area contributed by atoms with E-state index in [4.69, 9.17) is 10.7 Å². The molecule has 2 aromatic heterocycles. The van der Waals surface area contributed by atoms with Crippen LogP contribution >= 0.6 is 0 Å². The maximum atomic E-state index is 11.1. The van der Waals surface area contributed by atoms with Crippen LogP contribution in [0.4, 0.5) is 5.82 Å². The van der Waals surface area contributed by atoms with Gasteiger partial charge in [-0.2, -0.15) is 0 Å². The summed E-state index contributed by atoms with van der Waals surface area (Å²) in [5.74, 6) is 0.600. The molecule has 1 aliphatic heterocycles. The molecule has 1 aliphatic rings. The number of anilines is 1. The third-order valence-corrected chi connectivity index (χ3v) is 5.81. The summed E-state index contributed by atoms with van der Waals surface area (Å²) in [6, 6.07) is 2.22. The van der Waals surface area contributed by atoms with Gasteiger partial charge in [-0.05, 0) is 74.1 Å². The van der Waals surface area contributed by atoms with E-state index in [1.165, 1.54) is 5.56 Å². The molecule has 31 heavy (non-hydrogen) atoms. The molecule has 3 N–H and O–H groups in total. The zero-order chi connectivity index (χ0) is 21.3. The number of aliphatic carboxylic acids is 1. The van der Waals surface area contributed by atoms with Crippen molar-refractivity contribution in [1.29, 1.82) is 0 Å². The van der Waals surface area contributed by atoms with Gasteiger partial charge < -0.3 is 21.0 Å². The Hall–Kier alpha value is -1.54. The number of hydrogen-bond donors (Lipinski definition) is 2. The van der Waals surface area contributed by atoms with E-state index >= 15 is 0 Å². The van der Waals surface area contributed by atoms with Crippen LogP contribution in [0.5, 0.6) is 0 Å². The normalized spacial score (nSPS) is 13.6. The second-order valence-electron chi connectivity index (χ2n) is 8.13. The van der Waals surface area contributed by atoms with Gasteiger partial charge in [-0.3, -0.25) is 0 Å². The van der Waals surface area contributed by atoms with Gasteiger partial charge in [-0.15, -0.1) is 0 Å². The van der Waals surface area contributed by atoms with Gasteiger partial charge in [0.05, 0.1) is 0 Å². The van der Waals surface area contributed by atoms with Crippen molar-refractivity contribution in [2.75, 3.05) is 11.9 Å². The Kier molecular flexibility index (Phi) is 10.9. The molecule has 1 atom stereocenters. The number of nitrogens with two attached hydrogens (primary N) is 1. The van der Waals surface area contributed by atoms with Crippen LogP contribution in [-0.2, 0) is 24.2 Å². The van der Waals surface area contributed by atoms with E-state index in [0.29, 0.717) is 12.4 Å². The average Bonchev–Trinajstić information content (AvgIpc) is 2.75. The minimum atomic E-state index is -1.03. The summed E-state index contributed by atoms with van der Waals surface area (Å²) >= 11 is 0. The van der Waals surface area contributed by atoms with Crippen LogP contribution in [-0.4, -0.2) is 27.5 Å². The summed E-state index contributed by atoms with van der Waals surface area (Å²) in [7, 11) is 0. The first-order chi connectivity index (χ1) is 14.6. The van der Waals surface area contributed by atoms with E-state index in [9.17, 15) is 9.90 Å². The van der Waals surface area contributed by atoms with Gasteiger partial charge in [-0.1, -0.05) is 19.3 Å². The molecule has 162 valence electrons. The Balaban J connectivity index is 0.00000341. The number of pyridine rings is 1. The fourth-order valence-electron chi connectivity index (χ4n) is 4.10. The molecule has 0 aliphatic carbocycles. The standard InChI is InChI=1S/C23H33N5O2.Na/c1-16-26-14-20(15-27-16)17(12-22(29)30)7-4-2-3-5-9-21-19(13-24)11-18-8-6-10-25-23(18)28-21;/h11,14-15,17H,2-10,12-13,24H2,1H3,(H,25,28)(H,29,30);/q;+1/p-1. The van der Waals surface area contributed by atoms with Crippen LogP contribution in [0, 0.1) is 6.92 Å². The van der Waals surface area contributed by atoms with Gasteiger partial charge in [0.25, 0.3) is 0 Å². The van der Waals surface area contributed by atoms with Gasteiger partial charge in [0.1, 0.15) is 11.6 Å². The second kappa shape index (κ2) is 13.1. The first kappa shape index (κ1) is 25.7. The summed E-state index contributed by atoms with van der Waals surface area (Å²) in [6.45, 7) is 3.33. The van der Waals surface area contributed by atoms with Crippen molar-refractivity contribution in [3.05, 3.63) is 46.7 Å². The van der Waals surface area contributed by atoms with Gasteiger partial charge >= 0.3 is 29.6 Å². The molecule has 0 fully saturated rings. The molecule has 0 bridgehead atoms. The van der Waals surface area contributed by atoms with Gasteiger partial charge in [0.2, 0.25) is 0 Å². The zero-order valence-corrected chi connectivity index (χ0v) is 20.8. The molecule has 0 spiro atoms. The van der Waals surface area contributed by atoms with Gasteiger partial charge in [-0.25, -0.2) is 15.0 Å². The summed E-state index contributed by atoms with van der Waals surface area (Å²) in [6.07, 6.45) is 11.6. The molecule has 0 saturated carbocycles. The second-order valence-corrected chi connectivity index (χ2v) is 8.13. The Morgan fingerprint density at radius 3 is 2.68 bits per heavy atom. The molecule has 0 amide bonds. The van der Waals surface area contributed by atoms with Crippen LogP contribution in [0.2, 0.25) is 0 Å². The number of rotatable bonds is 11. The molecule has 0 radical (unpaired) electrons. The summed E-state index contributed by atoms with van der Waals surface area (Å²) < 4.78 is 0. The van der Waals surface area contributed by atoms with Crippen molar-refractivity contribution in [2.45, 2.75) is 77.2 Å². The number of hydrogen-bond acceptors (Lipinski definition) is 7. The van der Waals surface area contributed by atoms with Crippen LogP contribution in [0.15, 0.2) is 18.5 Å². The fraction of sp³-hybridized carbons (Fsp3) is 0.565. The largest absolute Gasteiger partial charge is 1.00 e. The maximum Gasteiger partial charge on any atom is 1.00 e. The minimum absolute atomic E-state index is 0. The van der Waals surface area contributed by atoms with E-state index in [1.807, 2.05) is 6.92 Å². The summed E-state index contributed by atoms with van der Waals surface area (Å²) in [5.41, 5.74) is 10.4. The molecule has 0 saturated heterocycles. The molecular formula is C23H32N5NaO2. The predicted molar refractivity (Wildman–Crippen MR) is 115 cm³/mol. The maximum absolute atomic E-state index is 11.1. The Morgan fingerprint density at radius 1 is 1.23 bits per heavy atom. The smallest absolute Gasteiger partial charge is 0.550 e. The number of carboxylic acid groups (broad SMARTS) is 1. The van der Waals surface area contributed by atoms with Crippen LogP contribution in [0.1, 0.15) is 79.1 Å². The third-order valence-electron chi connectivity index (χ3n) is 5.81. The van der Waals surface area contributed by atoms with Crippen molar-refractivity contribution >= 4 is 11.8 Å². The van der Waals surface area contributed by atoms with Crippen molar-refractivity contribution in [3.8, 4) is 0 Å². The minimum Gasteiger partial charge on any atom is -0.550 e. The van der Waals surface area contributed by atoms with Gasteiger partial charge in [0.15, 0.2) is 0 Å². The first-order valence-corrected chi connectivity index (χ1v) is 11.0. The van der Waals surface area contributed by atoms with Crippen molar-refractivity contribution in [3.63, 3.8) is 0 Å². The molecule has 3 rings (SSSR count). The number of fused-ring (bicyclic) bond motifs is 1. The van der Waals surface area contributed by atoms with Crippen LogP contribution in [0.25, 0.3) is 0 Å². The number of carbonyl (C=O) groups excluding carboxylic acids is 1. The Bertz CT molecular complexity index is 845. The quantitative estimate of drug-likeness (QED) is 0.360. The van der Waals surface area contributed by atoms with E-state index in [2.05, 4.69) is 21.4 Å². The van der Waals surface area contributed by atoms with E-state index in [-0.39, 0.29) is 41.9 Å². The number of aryl methyl sites for hydroxylation is 3. The molecule has 8 heteroatoms.